The Morgan fingerprint density at radius 2 is 2.47 bits per heavy atom. The van der Waals surface area contributed by atoms with E-state index in [0.717, 1.165) is 5.56 Å². The summed E-state index contributed by atoms with van der Waals surface area (Å²) in [7, 11) is 1.51. The highest BCUT2D eigenvalue weighted by Gasteiger charge is 2.18. The van der Waals surface area contributed by atoms with Gasteiger partial charge >= 0.3 is 5.97 Å². The minimum atomic E-state index is -1.09. The average Bonchev–Trinajstić information content (AvgIpc) is 2.90. The van der Waals surface area contributed by atoms with Crippen LogP contribution in [0, 0.1) is 0 Å². The lowest BCUT2D eigenvalue weighted by Gasteiger charge is -2.04. The molecule has 0 fully saturated rings. The van der Waals surface area contributed by atoms with Gasteiger partial charge in [0.05, 0.1) is 18.8 Å². The monoisotopic (exact) mass is 253 g/mol. The summed E-state index contributed by atoms with van der Waals surface area (Å²) in [5, 5.41) is 20.4. The molecule has 17 heavy (non-hydrogen) atoms. The summed E-state index contributed by atoms with van der Waals surface area (Å²) in [6.45, 7) is 0.682. The molecular weight excluding hydrogens is 242 g/mol. The lowest BCUT2D eigenvalue weighted by molar-refractivity contribution is 0.0684. The molecule has 0 bridgehead atoms. The Labute approximate surface area is 101 Å². The zero-order valence-corrected chi connectivity index (χ0v) is 9.98. The van der Waals surface area contributed by atoms with Gasteiger partial charge in [-0.3, -0.25) is 0 Å². The normalized spacial score (nSPS) is 10.6. The van der Waals surface area contributed by atoms with Gasteiger partial charge in [-0.2, -0.15) is 11.3 Å². The van der Waals surface area contributed by atoms with Gasteiger partial charge in [0.2, 0.25) is 0 Å². The molecule has 0 unspecified atom stereocenters. The van der Waals surface area contributed by atoms with Crippen LogP contribution in [0.25, 0.3) is 0 Å². The molecule has 7 heteroatoms. The first kappa shape index (κ1) is 11.7. The van der Waals surface area contributed by atoms with E-state index in [0.29, 0.717) is 12.2 Å². The molecule has 2 aromatic heterocycles. The Bertz CT molecular complexity index is 507. The first-order chi connectivity index (χ1) is 8.22. The molecule has 6 nitrogen and oxygen atoms in total. The molecule has 0 atom stereocenters. The molecular formula is C10H11N3O3S. The van der Waals surface area contributed by atoms with E-state index in [1.807, 2.05) is 16.8 Å². The number of nitrogens with zero attached hydrogens (tertiary/aromatic N) is 3. The van der Waals surface area contributed by atoms with Crippen molar-refractivity contribution in [3.05, 3.63) is 33.8 Å². The molecule has 2 aromatic rings. The van der Waals surface area contributed by atoms with Crippen molar-refractivity contribution in [2.75, 3.05) is 7.11 Å². The molecule has 0 amide bonds. The molecule has 0 aliphatic carbocycles. The Morgan fingerprint density at radius 1 is 1.65 bits per heavy atom. The van der Waals surface area contributed by atoms with E-state index in [1.165, 1.54) is 7.11 Å². The summed E-state index contributed by atoms with van der Waals surface area (Å²) < 4.78 is 6.53. The largest absolute Gasteiger partial charge is 0.476 e. The molecule has 0 radical (unpaired) electrons. The van der Waals surface area contributed by atoms with E-state index in [4.69, 9.17) is 9.84 Å². The number of methoxy groups -OCH3 is 1. The molecule has 0 aliphatic rings. The number of ether oxygens (including phenoxy) is 1. The summed E-state index contributed by atoms with van der Waals surface area (Å²) in [4.78, 5) is 10.9. The van der Waals surface area contributed by atoms with Crippen LogP contribution in [0.4, 0.5) is 0 Å². The minimum Gasteiger partial charge on any atom is -0.476 e. The summed E-state index contributed by atoms with van der Waals surface area (Å²) >= 11 is 1.58. The number of hydrogen-bond acceptors (Lipinski definition) is 5. The molecule has 2 heterocycles. The molecule has 0 saturated heterocycles. The highest BCUT2D eigenvalue weighted by atomic mass is 32.1. The molecule has 0 spiro atoms. The van der Waals surface area contributed by atoms with Crippen molar-refractivity contribution in [3.63, 3.8) is 0 Å². The van der Waals surface area contributed by atoms with Gasteiger partial charge in [-0.25, -0.2) is 9.48 Å². The van der Waals surface area contributed by atoms with Gasteiger partial charge in [-0.05, 0) is 22.4 Å². The number of aromatic nitrogens is 3. The SMILES string of the molecule is COCc1c(C(=O)O)nnn1Cc1ccsc1. The molecule has 0 saturated carbocycles. The van der Waals surface area contributed by atoms with Gasteiger partial charge < -0.3 is 9.84 Å². The van der Waals surface area contributed by atoms with Crippen molar-refractivity contribution in [1.29, 1.82) is 0 Å². The predicted molar refractivity (Wildman–Crippen MR) is 61.1 cm³/mol. The van der Waals surface area contributed by atoms with Crippen LogP contribution in [0.15, 0.2) is 16.8 Å². The van der Waals surface area contributed by atoms with Crippen molar-refractivity contribution in [2.45, 2.75) is 13.2 Å². The van der Waals surface area contributed by atoms with Crippen molar-refractivity contribution in [1.82, 2.24) is 15.0 Å². The second kappa shape index (κ2) is 5.07. The fourth-order valence-corrected chi connectivity index (χ4v) is 2.12. The predicted octanol–water partition coefficient (Wildman–Crippen LogP) is 1.23. The smallest absolute Gasteiger partial charge is 0.358 e. The van der Waals surface area contributed by atoms with Gasteiger partial charge in [-0.1, -0.05) is 5.21 Å². The fourth-order valence-electron chi connectivity index (χ4n) is 1.46. The maximum Gasteiger partial charge on any atom is 0.358 e. The van der Waals surface area contributed by atoms with E-state index < -0.39 is 5.97 Å². The van der Waals surface area contributed by atoms with Crippen molar-refractivity contribution in [3.8, 4) is 0 Å². The van der Waals surface area contributed by atoms with Gasteiger partial charge in [0.15, 0.2) is 5.69 Å². The zero-order chi connectivity index (χ0) is 12.3. The van der Waals surface area contributed by atoms with Crippen molar-refractivity contribution >= 4 is 17.3 Å². The number of carboxylic acids is 1. The lowest BCUT2D eigenvalue weighted by Crippen LogP contribution is -2.09. The maximum absolute atomic E-state index is 10.9. The Morgan fingerprint density at radius 3 is 3.06 bits per heavy atom. The molecule has 1 N–H and O–H groups in total. The molecule has 90 valence electrons. The van der Waals surface area contributed by atoms with Crippen LogP contribution in [0.2, 0.25) is 0 Å². The van der Waals surface area contributed by atoms with Gasteiger partial charge in [0, 0.05) is 7.11 Å². The van der Waals surface area contributed by atoms with Gasteiger partial charge in [0.1, 0.15) is 0 Å². The van der Waals surface area contributed by atoms with Crippen LogP contribution in [-0.4, -0.2) is 33.2 Å². The zero-order valence-electron chi connectivity index (χ0n) is 9.16. The lowest BCUT2D eigenvalue weighted by atomic mass is 10.3. The number of carbonyl (C=O) groups is 1. The van der Waals surface area contributed by atoms with Crippen molar-refractivity contribution in [2.24, 2.45) is 0 Å². The second-order valence-electron chi connectivity index (χ2n) is 3.41. The van der Waals surface area contributed by atoms with Crippen LogP contribution in [0.3, 0.4) is 0 Å². The Balaban J connectivity index is 2.30. The van der Waals surface area contributed by atoms with Crippen molar-refractivity contribution < 1.29 is 14.6 Å². The van der Waals surface area contributed by atoms with Gasteiger partial charge in [-0.15, -0.1) is 5.10 Å². The van der Waals surface area contributed by atoms with Crippen LogP contribution in [-0.2, 0) is 17.9 Å². The second-order valence-corrected chi connectivity index (χ2v) is 4.19. The molecule has 2 rings (SSSR count). The number of rotatable bonds is 5. The van der Waals surface area contributed by atoms with Crippen LogP contribution in [0.5, 0.6) is 0 Å². The third-order valence-corrected chi connectivity index (χ3v) is 2.97. The molecule has 0 aliphatic heterocycles. The quantitative estimate of drug-likeness (QED) is 0.867. The summed E-state index contributed by atoms with van der Waals surface area (Å²) in [5.74, 6) is -1.09. The van der Waals surface area contributed by atoms with E-state index in [-0.39, 0.29) is 12.3 Å². The third kappa shape index (κ3) is 2.51. The Kier molecular flexibility index (Phi) is 3.50. The number of thiophene rings is 1. The summed E-state index contributed by atoms with van der Waals surface area (Å²) in [5.41, 5.74) is 1.49. The number of aromatic carboxylic acids is 1. The standard InChI is InChI=1S/C10H11N3O3S/c1-16-5-8-9(10(14)15)11-12-13(8)4-7-2-3-17-6-7/h2-3,6H,4-5H2,1H3,(H,14,15). The minimum absolute atomic E-state index is 0.0536. The first-order valence-electron chi connectivity index (χ1n) is 4.88. The molecule has 0 aromatic carbocycles. The van der Waals surface area contributed by atoms with Crippen LogP contribution in [0.1, 0.15) is 21.7 Å². The van der Waals surface area contributed by atoms with Crippen LogP contribution < -0.4 is 0 Å². The van der Waals surface area contributed by atoms with E-state index in [9.17, 15) is 4.79 Å². The number of hydrogen-bond donors (Lipinski definition) is 1. The Hall–Kier alpha value is -1.73. The van der Waals surface area contributed by atoms with Crippen LogP contribution >= 0.6 is 11.3 Å². The third-order valence-electron chi connectivity index (χ3n) is 2.23. The van der Waals surface area contributed by atoms with E-state index in [2.05, 4.69) is 10.3 Å². The van der Waals surface area contributed by atoms with E-state index in [1.54, 1.807) is 16.0 Å². The number of carboxylic acid groups (broad SMARTS) is 1. The average molecular weight is 253 g/mol. The highest BCUT2D eigenvalue weighted by Crippen LogP contribution is 2.12. The fraction of sp³-hybridized carbons (Fsp3) is 0.300. The van der Waals surface area contributed by atoms with E-state index >= 15 is 0 Å². The summed E-state index contributed by atoms with van der Waals surface area (Å²) in [6.07, 6.45) is 0. The highest BCUT2D eigenvalue weighted by molar-refractivity contribution is 7.07. The topological polar surface area (TPSA) is 77.2 Å². The first-order valence-corrected chi connectivity index (χ1v) is 5.82. The maximum atomic E-state index is 10.9. The van der Waals surface area contributed by atoms with Gasteiger partial charge in [0.25, 0.3) is 0 Å². The summed E-state index contributed by atoms with van der Waals surface area (Å²) in [6, 6.07) is 1.96.